The number of ether oxygens (including phenoxy) is 3. The Morgan fingerprint density at radius 1 is 0.647 bits per heavy atom. The standard InChI is InChI=1S/C27H35N3O4/c1-4-7-14-32-20-10-12-22(26(31)17-20)24-19-25(29-30-28-24)23-13-11-21(33-15-8-5-2)18-27(23)34-16-9-6-3/h10-13,17-19,31H,4-9,14-16H2,1-3H3. The Hall–Kier alpha value is -3.35. The molecule has 0 bridgehead atoms. The quantitative estimate of drug-likeness (QED) is 0.274. The summed E-state index contributed by atoms with van der Waals surface area (Å²) in [6.07, 6.45) is 6.08. The molecule has 0 unspecified atom stereocenters. The highest BCUT2D eigenvalue weighted by Gasteiger charge is 2.15. The molecular formula is C27H35N3O4. The molecule has 3 rings (SSSR count). The fourth-order valence-corrected chi connectivity index (χ4v) is 3.31. The number of aromatic hydroxyl groups is 1. The molecule has 0 spiro atoms. The number of aromatic nitrogens is 3. The van der Waals surface area contributed by atoms with Gasteiger partial charge in [-0.1, -0.05) is 40.0 Å². The van der Waals surface area contributed by atoms with Crippen LogP contribution in [0.2, 0.25) is 0 Å². The van der Waals surface area contributed by atoms with Crippen LogP contribution in [0.3, 0.4) is 0 Å². The number of hydrogen-bond acceptors (Lipinski definition) is 7. The van der Waals surface area contributed by atoms with Crippen molar-refractivity contribution in [1.29, 1.82) is 0 Å². The summed E-state index contributed by atoms with van der Waals surface area (Å²) in [5, 5.41) is 22.9. The first-order chi connectivity index (χ1) is 16.7. The van der Waals surface area contributed by atoms with E-state index in [0.717, 1.165) is 49.8 Å². The third-order valence-electron chi connectivity index (χ3n) is 5.34. The van der Waals surface area contributed by atoms with E-state index in [1.54, 1.807) is 18.2 Å². The molecule has 1 heterocycles. The van der Waals surface area contributed by atoms with Crippen LogP contribution < -0.4 is 14.2 Å². The Balaban J connectivity index is 1.87. The summed E-state index contributed by atoms with van der Waals surface area (Å²) in [5.74, 6) is 2.17. The first kappa shape index (κ1) is 25.3. The molecule has 182 valence electrons. The van der Waals surface area contributed by atoms with Gasteiger partial charge in [0.2, 0.25) is 0 Å². The topological polar surface area (TPSA) is 86.6 Å². The van der Waals surface area contributed by atoms with Crippen LogP contribution in [-0.4, -0.2) is 40.3 Å². The van der Waals surface area contributed by atoms with E-state index in [4.69, 9.17) is 14.2 Å². The Morgan fingerprint density at radius 2 is 1.18 bits per heavy atom. The monoisotopic (exact) mass is 465 g/mol. The first-order valence-electron chi connectivity index (χ1n) is 12.2. The second-order valence-electron chi connectivity index (χ2n) is 8.15. The van der Waals surface area contributed by atoms with Gasteiger partial charge in [0, 0.05) is 23.3 Å². The van der Waals surface area contributed by atoms with E-state index in [1.165, 1.54) is 0 Å². The highest BCUT2D eigenvalue weighted by Crippen LogP contribution is 2.36. The predicted molar refractivity (Wildman–Crippen MR) is 134 cm³/mol. The first-order valence-corrected chi connectivity index (χ1v) is 12.2. The zero-order valence-corrected chi connectivity index (χ0v) is 20.4. The van der Waals surface area contributed by atoms with E-state index >= 15 is 0 Å². The van der Waals surface area contributed by atoms with Crippen molar-refractivity contribution >= 4 is 0 Å². The van der Waals surface area contributed by atoms with Crippen LogP contribution in [0.4, 0.5) is 0 Å². The van der Waals surface area contributed by atoms with E-state index in [1.807, 2.05) is 24.3 Å². The number of hydrogen-bond donors (Lipinski definition) is 1. The van der Waals surface area contributed by atoms with Gasteiger partial charge >= 0.3 is 0 Å². The number of rotatable bonds is 14. The second-order valence-corrected chi connectivity index (χ2v) is 8.15. The van der Waals surface area contributed by atoms with E-state index in [-0.39, 0.29) is 5.75 Å². The van der Waals surface area contributed by atoms with Gasteiger partial charge in [0.15, 0.2) is 0 Å². The Labute approximate surface area is 202 Å². The Morgan fingerprint density at radius 3 is 1.76 bits per heavy atom. The van der Waals surface area contributed by atoms with Crippen molar-refractivity contribution in [2.75, 3.05) is 19.8 Å². The van der Waals surface area contributed by atoms with E-state index in [9.17, 15) is 5.11 Å². The van der Waals surface area contributed by atoms with Crippen LogP contribution in [0.5, 0.6) is 23.0 Å². The van der Waals surface area contributed by atoms with Crippen molar-refractivity contribution in [3.63, 3.8) is 0 Å². The maximum absolute atomic E-state index is 10.6. The third kappa shape index (κ3) is 7.07. The van der Waals surface area contributed by atoms with Gasteiger partial charge in [0.25, 0.3) is 0 Å². The van der Waals surface area contributed by atoms with Gasteiger partial charge < -0.3 is 19.3 Å². The zero-order chi connectivity index (χ0) is 24.2. The molecule has 1 aromatic heterocycles. The van der Waals surface area contributed by atoms with Gasteiger partial charge in [-0.15, -0.1) is 10.2 Å². The van der Waals surface area contributed by atoms with Crippen molar-refractivity contribution in [3.8, 4) is 45.5 Å². The lowest BCUT2D eigenvalue weighted by molar-refractivity contribution is 0.295. The molecule has 7 heteroatoms. The molecule has 0 saturated heterocycles. The summed E-state index contributed by atoms with van der Waals surface area (Å²) >= 11 is 0. The predicted octanol–water partition coefficient (Wildman–Crippen LogP) is 6.45. The lowest BCUT2D eigenvalue weighted by atomic mass is 10.1. The maximum Gasteiger partial charge on any atom is 0.132 e. The molecule has 0 aliphatic heterocycles. The van der Waals surface area contributed by atoms with Crippen molar-refractivity contribution < 1.29 is 19.3 Å². The fourth-order valence-electron chi connectivity index (χ4n) is 3.31. The van der Waals surface area contributed by atoms with Crippen molar-refractivity contribution in [2.45, 2.75) is 59.3 Å². The molecule has 34 heavy (non-hydrogen) atoms. The normalized spacial score (nSPS) is 10.8. The summed E-state index contributed by atoms with van der Waals surface area (Å²) < 4.78 is 17.6. The number of phenolic OH excluding ortho intramolecular Hbond substituents is 1. The second kappa shape index (κ2) is 13.4. The smallest absolute Gasteiger partial charge is 0.132 e. The molecule has 0 amide bonds. The third-order valence-corrected chi connectivity index (χ3v) is 5.34. The molecule has 0 saturated carbocycles. The minimum atomic E-state index is 0.0829. The molecule has 0 aliphatic rings. The van der Waals surface area contributed by atoms with Crippen molar-refractivity contribution in [1.82, 2.24) is 15.4 Å². The lowest BCUT2D eigenvalue weighted by Crippen LogP contribution is -2.02. The van der Waals surface area contributed by atoms with Gasteiger partial charge in [-0.2, -0.15) is 0 Å². The number of benzene rings is 2. The summed E-state index contributed by atoms with van der Waals surface area (Å²) in [7, 11) is 0. The molecule has 1 N–H and O–H groups in total. The maximum atomic E-state index is 10.6. The fraction of sp³-hybridized carbons (Fsp3) is 0.444. The minimum Gasteiger partial charge on any atom is -0.507 e. The molecule has 7 nitrogen and oxygen atoms in total. The van der Waals surface area contributed by atoms with E-state index in [2.05, 4.69) is 36.2 Å². The summed E-state index contributed by atoms with van der Waals surface area (Å²) in [6.45, 7) is 8.26. The van der Waals surface area contributed by atoms with Gasteiger partial charge in [-0.25, -0.2) is 0 Å². The van der Waals surface area contributed by atoms with Gasteiger partial charge in [0.05, 0.1) is 19.8 Å². The average molecular weight is 466 g/mol. The Bertz CT molecular complexity index is 1040. The number of phenols is 1. The van der Waals surface area contributed by atoms with Gasteiger partial charge in [0.1, 0.15) is 34.4 Å². The molecule has 0 atom stereocenters. The molecule has 0 fully saturated rings. The van der Waals surface area contributed by atoms with E-state index in [0.29, 0.717) is 48.3 Å². The SMILES string of the molecule is CCCCOc1ccc(-c2cc(-c3ccc(OCCCC)cc3OCCCC)nnn2)c(O)c1. The average Bonchev–Trinajstić information content (AvgIpc) is 2.85. The summed E-state index contributed by atoms with van der Waals surface area (Å²) in [5.41, 5.74) is 2.49. The van der Waals surface area contributed by atoms with Gasteiger partial charge in [-0.05, 0) is 54.8 Å². The molecule has 0 radical (unpaired) electrons. The number of unbranched alkanes of at least 4 members (excludes halogenated alkanes) is 3. The largest absolute Gasteiger partial charge is 0.507 e. The van der Waals surface area contributed by atoms with Crippen LogP contribution in [0, 0.1) is 0 Å². The van der Waals surface area contributed by atoms with Crippen LogP contribution in [0.15, 0.2) is 42.5 Å². The van der Waals surface area contributed by atoms with Crippen LogP contribution in [-0.2, 0) is 0 Å². The van der Waals surface area contributed by atoms with Crippen molar-refractivity contribution in [3.05, 3.63) is 42.5 Å². The molecule has 2 aromatic carbocycles. The zero-order valence-electron chi connectivity index (χ0n) is 20.4. The molecule has 3 aromatic rings. The molecular weight excluding hydrogens is 430 g/mol. The minimum absolute atomic E-state index is 0.0829. The van der Waals surface area contributed by atoms with Crippen LogP contribution >= 0.6 is 0 Å². The highest BCUT2D eigenvalue weighted by atomic mass is 16.5. The van der Waals surface area contributed by atoms with E-state index < -0.39 is 0 Å². The highest BCUT2D eigenvalue weighted by molar-refractivity contribution is 5.74. The van der Waals surface area contributed by atoms with Crippen LogP contribution in [0.25, 0.3) is 22.5 Å². The van der Waals surface area contributed by atoms with Crippen LogP contribution in [0.1, 0.15) is 59.3 Å². The van der Waals surface area contributed by atoms with Gasteiger partial charge in [-0.3, -0.25) is 0 Å². The summed E-state index contributed by atoms with van der Waals surface area (Å²) in [4.78, 5) is 0. The lowest BCUT2D eigenvalue weighted by Gasteiger charge is -2.14. The number of nitrogens with zero attached hydrogens (tertiary/aromatic N) is 3. The summed E-state index contributed by atoms with van der Waals surface area (Å²) in [6, 6.07) is 12.8. The van der Waals surface area contributed by atoms with Crippen molar-refractivity contribution in [2.24, 2.45) is 0 Å². The molecule has 0 aliphatic carbocycles. The Kier molecular flexibility index (Phi) is 9.95.